The standard InChI is InChI=1S/C30H39N5O8/c1-29(2,3)42-27(39)34-26(35-28(40)43-30(4,5)6)32-18-23(36)33-22-14-10-13-21(17-22)25(38)31-16-15-24(37)41-19-20-11-8-7-9-12-20/h7-14,17H,15-16,18-19H2,1-6H3,(H,31,38)(H,33,36)(H2,32,34,35,39,40). The Balaban J connectivity index is 1.92. The number of carbonyl (C=O) groups excluding carboxylic acids is 5. The number of nitrogens with zero attached hydrogens (tertiary/aromatic N) is 1. The molecule has 0 spiro atoms. The van der Waals surface area contributed by atoms with Gasteiger partial charge in [0.15, 0.2) is 0 Å². The fourth-order valence-corrected chi connectivity index (χ4v) is 3.19. The van der Waals surface area contributed by atoms with Crippen LogP contribution in [0.25, 0.3) is 0 Å². The van der Waals surface area contributed by atoms with E-state index in [1.165, 1.54) is 6.07 Å². The molecule has 0 aromatic heterocycles. The molecule has 232 valence electrons. The lowest BCUT2D eigenvalue weighted by Gasteiger charge is -2.22. The highest BCUT2D eigenvalue weighted by molar-refractivity contribution is 6.03. The molecule has 0 aliphatic heterocycles. The SMILES string of the molecule is CC(C)(C)OC(=O)NC(=NCC(=O)Nc1cccc(C(=O)NCCC(=O)OCc2ccccc2)c1)NC(=O)OC(C)(C)C. The van der Waals surface area contributed by atoms with Crippen LogP contribution in [-0.4, -0.2) is 60.2 Å². The molecule has 13 nitrogen and oxygen atoms in total. The van der Waals surface area contributed by atoms with E-state index in [0.29, 0.717) is 5.69 Å². The molecule has 0 saturated carbocycles. The summed E-state index contributed by atoms with van der Waals surface area (Å²) in [4.78, 5) is 65.5. The van der Waals surface area contributed by atoms with Gasteiger partial charge in [-0.2, -0.15) is 0 Å². The van der Waals surface area contributed by atoms with Crippen molar-refractivity contribution >= 4 is 41.6 Å². The van der Waals surface area contributed by atoms with Gasteiger partial charge >= 0.3 is 18.2 Å². The third-order valence-electron chi connectivity index (χ3n) is 4.89. The molecular formula is C30H39N5O8. The minimum atomic E-state index is -0.897. The molecule has 0 saturated heterocycles. The number of anilines is 1. The molecule has 0 fully saturated rings. The first-order valence-electron chi connectivity index (χ1n) is 13.5. The van der Waals surface area contributed by atoms with Crippen LogP contribution in [-0.2, 0) is 30.4 Å². The number of carbonyl (C=O) groups is 5. The van der Waals surface area contributed by atoms with E-state index in [-0.39, 0.29) is 31.1 Å². The maximum Gasteiger partial charge on any atom is 0.414 e. The van der Waals surface area contributed by atoms with E-state index >= 15 is 0 Å². The Morgan fingerprint density at radius 2 is 1.40 bits per heavy atom. The zero-order valence-corrected chi connectivity index (χ0v) is 25.2. The van der Waals surface area contributed by atoms with Crippen LogP contribution in [0.15, 0.2) is 59.6 Å². The van der Waals surface area contributed by atoms with Crippen LogP contribution in [0.1, 0.15) is 63.9 Å². The molecular weight excluding hydrogens is 558 g/mol. The molecule has 4 amide bonds. The number of rotatable bonds is 9. The van der Waals surface area contributed by atoms with E-state index in [2.05, 4.69) is 26.3 Å². The van der Waals surface area contributed by atoms with Gasteiger partial charge in [-0.1, -0.05) is 36.4 Å². The predicted octanol–water partition coefficient (Wildman–Crippen LogP) is 3.89. The number of ether oxygens (including phenoxy) is 3. The van der Waals surface area contributed by atoms with Crippen molar-refractivity contribution in [3.63, 3.8) is 0 Å². The summed E-state index contributed by atoms with van der Waals surface area (Å²) in [6.07, 6.45) is -1.80. The fourth-order valence-electron chi connectivity index (χ4n) is 3.19. The van der Waals surface area contributed by atoms with E-state index < -0.39 is 47.7 Å². The molecule has 0 atom stereocenters. The highest BCUT2D eigenvalue weighted by atomic mass is 16.6. The number of amides is 4. The van der Waals surface area contributed by atoms with E-state index in [4.69, 9.17) is 14.2 Å². The van der Waals surface area contributed by atoms with Crippen LogP contribution in [0, 0.1) is 0 Å². The van der Waals surface area contributed by atoms with E-state index in [1.54, 1.807) is 59.7 Å². The second-order valence-electron chi connectivity index (χ2n) is 11.2. The largest absolute Gasteiger partial charge is 0.461 e. The lowest BCUT2D eigenvalue weighted by atomic mass is 10.2. The van der Waals surface area contributed by atoms with Crippen molar-refractivity contribution in [2.75, 3.05) is 18.4 Å². The van der Waals surface area contributed by atoms with Gasteiger partial charge in [-0.05, 0) is 65.3 Å². The van der Waals surface area contributed by atoms with E-state index in [0.717, 1.165) is 5.56 Å². The topological polar surface area (TPSA) is 174 Å². The Hall–Kier alpha value is -4.94. The van der Waals surface area contributed by atoms with Crippen molar-refractivity contribution in [1.82, 2.24) is 16.0 Å². The first-order valence-corrected chi connectivity index (χ1v) is 13.5. The number of nitrogens with one attached hydrogen (secondary N) is 4. The number of alkyl carbamates (subject to hydrolysis) is 2. The molecule has 0 aliphatic rings. The fraction of sp³-hybridized carbons (Fsp3) is 0.400. The first-order chi connectivity index (χ1) is 20.1. The molecule has 2 aromatic carbocycles. The minimum absolute atomic E-state index is 0.00992. The van der Waals surface area contributed by atoms with Crippen molar-refractivity contribution < 1.29 is 38.2 Å². The van der Waals surface area contributed by atoms with E-state index in [1.807, 2.05) is 30.3 Å². The van der Waals surface area contributed by atoms with Gasteiger partial charge in [-0.25, -0.2) is 14.6 Å². The molecule has 0 heterocycles. The number of hydrogen-bond donors (Lipinski definition) is 4. The van der Waals surface area contributed by atoms with Crippen molar-refractivity contribution in [2.24, 2.45) is 4.99 Å². The first kappa shape index (κ1) is 34.3. The summed E-state index contributed by atoms with van der Waals surface area (Å²) in [6, 6.07) is 15.4. The summed E-state index contributed by atoms with van der Waals surface area (Å²) < 4.78 is 15.5. The van der Waals surface area contributed by atoms with Gasteiger partial charge in [-0.15, -0.1) is 0 Å². The Labute approximate surface area is 250 Å². The average molecular weight is 598 g/mol. The van der Waals surface area contributed by atoms with Crippen LogP contribution in [0.4, 0.5) is 15.3 Å². The third kappa shape index (κ3) is 15.0. The van der Waals surface area contributed by atoms with Crippen LogP contribution in [0.3, 0.4) is 0 Å². The lowest BCUT2D eigenvalue weighted by molar-refractivity contribution is -0.144. The van der Waals surface area contributed by atoms with Crippen molar-refractivity contribution in [2.45, 2.75) is 65.8 Å². The summed E-state index contributed by atoms with van der Waals surface area (Å²) in [5, 5.41) is 9.81. The lowest BCUT2D eigenvalue weighted by Crippen LogP contribution is -2.47. The zero-order valence-electron chi connectivity index (χ0n) is 25.2. The van der Waals surface area contributed by atoms with Crippen LogP contribution < -0.4 is 21.3 Å². The zero-order chi connectivity index (χ0) is 32.0. The second kappa shape index (κ2) is 15.9. The van der Waals surface area contributed by atoms with Gasteiger partial charge in [0.1, 0.15) is 24.4 Å². The molecule has 0 radical (unpaired) electrons. The van der Waals surface area contributed by atoms with Crippen LogP contribution in [0.5, 0.6) is 0 Å². The Bertz CT molecular complexity index is 1280. The van der Waals surface area contributed by atoms with Crippen LogP contribution >= 0.6 is 0 Å². The highest BCUT2D eigenvalue weighted by Gasteiger charge is 2.21. The van der Waals surface area contributed by atoms with Gasteiger partial charge < -0.3 is 24.8 Å². The van der Waals surface area contributed by atoms with Gasteiger partial charge in [0.2, 0.25) is 11.9 Å². The Kier molecular flexibility index (Phi) is 12.7. The summed E-state index contributed by atoms with van der Waals surface area (Å²) >= 11 is 0. The number of aliphatic imine (C=N–C) groups is 1. The number of guanidine groups is 1. The minimum Gasteiger partial charge on any atom is -0.461 e. The molecule has 0 aliphatic carbocycles. The normalized spacial score (nSPS) is 10.9. The Morgan fingerprint density at radius 3 is 1.98 bits per heavy atom. The van der Waals surface area contributed by atoms with Gasteiger partial charge in [0, 0.05) is 17.8 Å². The predicted molar refractivity (Wildman–Crippen MR) is 159 cm³/mol. The molecule has 0 bridgehead atoms. The Morgan fingerprint density at radius 1 is 0.791 bits per heavy atom. The van der Waals surface area contributed by atoms with Gasteiger partial charge in [0.05, 0.1) is 6.42 Å². The summed E-state index contributed by atoms with van der Waals surface area (Å²) in [7, 11) is 0. The second-order valence-corrected chi connectivity index (χ2v) is 11.2. The summed E-state index contributed by atoms with van der Waals surface area (Å²) in [5.41, 5.74) is -0.225. The maximum atomic E-state index is 12.6. The third-order valence-corrected chi connectivity index (χ3v) is 4.89. The molecule has 4 N–H and O–H groups in total. The van der Waals surface area contributed by atoms with Crippen LogP contribution in [0.2, 0.25) is 0 Å². The van der Waals surface area contributed by atoms with Crippen molar-refractivity contribution in [3.05, 3.63) is 65.7 Å². The maximum absolute atomic E-state index is 12.6. The average Bonchev–Trinajstić information content (AvgIpc) is 2.89. The van der Waals surface area contributed by atoms with Gasteiger partial charge in [-0.3, -0.25) is 25.0 Å². The van der Waals surface area contributed by atoms with Crippen molar-refractivity contribution in [3.8, 4) is 0 Å². The smallest absolute Gasteiger partial charge is 0.414 e. The molecule has 2 rings (SSSR count). The highest BCUT2D eigenvalue weighted by Crippen LogP contribution is 2.11. The molecule has 13 heteroatoms. The quantitative estimate of drug-likeness (QED) is 0.146. The summed E-state index contributed by atoms with van der Waals surface area (Å²) in [5.74, 6) is -1.86. The van der Waals surface area contributed by atoms with E-state index in [9.17, 15) is 24.0 Å². The molecule has 43 heavy (non-hydrogen) atoms. The van der Waals surface area contributed by atoms with Gasteiger partial charge in [0.25, 0.3) is 5.91 Å². The monoisotopic (exact) mass is 597 g/mol. The summed E-state index contributed by atoms with van der Waals surface area (Å²) in [6.45, 7) is 9.68. The number of hydrogen-bond acceptors (Lipinski definition) is 9. The number of benzene rings is 2. The number of esters is 1. The molecule has 0 unspecified atom stereocenters. The molecule has 2 aromatic rings. The van der Waals surface area contributed by atoms with Crippen molar-refractivity contribution in [1.29, 1.82) is 0 Å².